The van der Waals surface area contributed by atoms with E-state index in [1.807, 2.05) is 18.2 Å². The number of carbonyl (C=O) groups excluding carboxylic acids is 2. The molecule has 0 aliphatic rings. The largest absolute Gasteiger partial charge is 0.463 e. The highest BCUT2D eigenvalue weighted by atomic mass is 16.6. The third-order valence-corrected chi connectivity index (χ3v) is 6.40. The smallest absolute Gasteiger partial charge is 0.305 e. The first-order valence-electron chi connectivity index (χ1n) is 15.5. The predicted molar refractivity (Wildman–Crippen MR) is 160 cm³/mol. The molecule has 6 heteroatoms. The molecule has 0 aromatic rings. The second kappa shape index (κ2) is 27.6. The minimum atomic E-state index is -0.983. The monoisotopic (exact) mass is 550 g/mol. The van der Waals surface area contributed by atoms with Gasteiger partial charge in [0.2, 0.25) is 0 Å². The third kappa shape index (κ3) is 28.9. The van der Waals surface area contributed by atoms with E-state index in [2.05, 4.69) is 32.9 Å². The summed E-state index contributed by atoms with van der Waals surface area (Å²) in [5, 5.41) is 19.7. The fourth-order valence-electron chi connectivity index (χ4n) is 4.01. The molecule has 226 valence electrons. The zero-order valence-corrected chi connectivity index (χ0v) is 25.2. The lowest BCUT2D eigenvalue weighted by Crippen LogP contribution is -2.25. The van der Waals surface area contributed by atoms with Gasteiger partial charge >= 0.3 is 11.9 Å². The van der Waals surface area contributed by atoms with Crippen molar-refractivity contribution >= 4 is 11.9 Å². The van der Waals surface area contributed by atoms with Crippen LogP contribution in [0.3, 0.4) is 0 Å². The van der Waals surface area contributed by atoms with Gasteiger partial charge in [-0.3, -0.25) is 9.59 Å². The maximum absolute atomic E-state index is 11.9. The summed E-state index contributed by atoms with van der Waals surface area (Å²) in [6, 6.07) is 0. The Morgan fingerprint density at radius 1 is 0.692 bits per heavy atom. The van der Waals surface area contributed by atoms with Crippen LogP contribution in [-0.4, -0.2) is 47.6 Å². The quantitative estimate of drug-likeness (QED) is 0.0494. The molecular weight excluding hydrogens is 492 g/mol. The maximum atomic E-state index is 11.9. The van der Waals surface area contributed by atoms with Crippen LogP contribution in [0, 0.1) is 5.92 Å². The first-order chi connectivity index (χ1) is 18.8. The van der Waals surface area contributed by atoms with Crippen molar-refractivity contribution in [3.05, 3.63) is 36.5 Å². The van der Waals surface area contributed by atoms with Gasteiger partial charge in [0.1, 0.15) is 19.3 Å². The molecule has 2 N–H and O–H groups in total. The summed E-state index contributed by atoms with van der Waals surface area (Å²) in [5.74, 6) is 0.143. The summed E-state index contributed by atoms with van der Waals surface area (Å²) in [7, 11) is 0. The molecule has 0 bridgehead atoms. The summed E-state index contributed by atoms with van der Waals surface area (Å²) >= 11 is 0. The summed E-state index contributed by atoms with van der Waals surface area (Å²) in [4.78, 5) is 23.7. The number of rotatable bonds is 26. The van der Waals surface area contributed by atoms with E-state index in [4.69, 9.17) is 9.47 Å². The Labute approximate surface area is 238 Å². The molecule has 0 aromatic carbocycles. The Morgan fingerprint density at radius 3 is 1.79 bits per heavy atom. The van der Waals surface area contributed by atoms with Crippen LogP contribution in [0.2, 0.25) is 0 Å². The van der Waals surface area contributed by atoms with Crippen LogP contribution in [-0.2, 0) is 19.1 Å². The number of aliphatic hydroxyl groups is 2. The lowest BCUT2D eigenvalue weighted by Gasteiger charge is -2.12. The predicted octanol–water partition coefficient (Wildman–Crippen LogP) is 7.77. The van der Waals surface area contributed by atoms with E-state index >= 15 is 0 Å². The van der Waals surface area contributed by atoms with Crippen molar-refractivity contribution in [2.45, 2.75) is 142 Å². The molecule has 1 unspecified atom stereocenters. The number of hydrogen-bond acceptors (Lipinski definition) is 6. The second-order valence-corrected chi connectivity index (χ2v) is 10.9. The van der Waals surface area contributed by atoms with E-state index < -0.39 is 12.2 Å². The van der Waals surface area contributed by atoms with Gasteiger partial charge in [0.25, 0.3) is 0 Å². The Balaban J connectivity index is 3.57. The van der Waals surface area contributed by atoms with Crippen LogP contribution >= 0.6 is 0 Å². The number of unbranched alkanes of at least 4 members (excludes halogenated alkanes) is 10. The van der Waals surface area contributed by atoms with Gasteiger partial charge < -0.3 is 19.7 Å². The van der Waals surface area contributed by atoms with Crippen LogP contribution in [0.1, 0.15) is 130 Å². The molecule has 0 saturated heterocycles. The zero-order valence-electron chi connectivity index (χ0n) is 25.2. The highest BCUT2D eigenvalue weighted by molar-refractivity contribution is 5.69. The highest BCUT2D eigenvalue weighted by Crippen LogP contribution is 2.12. The molecule has 0 fully saturated rings. The number of esters is 2. The van der Waals surface area contributed by atoms with E-state index in [0.717, 1.165) is 70.1 Å². The topological polar surface area (TPSA) is 93.1 Å². The number of allylic oxidation sites excluding steroid dienone is 4. The molecular formula is C33H58O6. The van der Waals surface area contributed by atoms with Crippen molar-refractivity contribution in [2.24, 2.45) is 5.92 Å². The fourth-order valence-corrected chi connectivity index (χ4v) is 4.01. The number of carbonyl (C=O) groups is 2. The zero-order chi connectivity index (χ0) is 29.0. The molecule has 0 rings (SSSR count). The van der Waals surface area contributed by atoms with E-state index in [9.17, 15) is 19.8 Å². The first kappa shape index (κ1) is 37.1. The molecule has 2 atom stereocenters. The molecule has 6 nitrogen and oxygen atoms in total. The fraction of sp³-hybridized carbons (Fsp3) is 0.758. The molecule has 0 heterocycles. The van der Waals surface area contributed by atoms with Gasteiger partial charge in [-0.2, -0.15) is 0 Å². The molecule has 0 radical (unpaired) electrons. The summed E-state index contributed by atoms with van der Waals surface area (Å²) < 4.78 is 10.2. The summed E-state index contributed by atoms with van der Waals surface area (Å²) in [6.45, 7) is 6.30. The molecule has 0 aliphatic carbocycles. The van der Waals surface area contributed by atoms with Crippen molar-refractivity contribution in [3.8, 4) is 0 Å². The average Bonchev–Trinajstić information content (AvgIpc) is 2.90. The Hall–Kier alpha value is -1.92. The Morgan fingerprint density at radius 2 is 1.23 bits per heavy atom. The van der Waals surface area contributed by atoms with Crippen molar-refractivity contribution in [1.82, 2.24) is 0 Å². The van der Waals surface area contributed by atoms with Crippen LogP contribution in [0.15, 0.2) is 36.5 Å². The lowest BCUT2D eigenvalue weighted by molar-refractivity contribution is -0.152. The summed E-state index contributed by atoms with van der Waals surface area (Å²) in [6.07, 6.45) is 26.8. The van der Waals surface area contributed by atoms with Crippen LogP contribution in [0.25, 0.3) is 0 Å². The standard InChI is InChI=1S/C33H58O6/c1-4-5-17-23-30(34)24-19-14-9-7-6-8-10-15-20-25-32(36)38-27-31(35)28-39-33(37)26-21-16-12-11-13-18-22-29(2)3/h5,9,14,17,19,24,29-31,34-35H,4,6-8,10-13,15-16,18,20-23,25-28H2,1-3H3/b14-9+,17-5+,24-19+/t30?,31-/m0/s1. The number of hydrogen-bond donors (Lipinski definition) is 2. The van der Waals surface area contributed by atoms with Crippen LogP contribution in [0.4, 0.5) is 0 Å². The molecule has 0 saturated carbocycles. The Kier molecular flexibility index (Phi) is 26.3. The SMILES string of the molecule is CC/C=C/CC(O)/C=C/C=C/CCCCCCCC(=O)OC[C@H](O)COC(=O)CCCCCCCCC(C)C. The normalized spacial score (nSPS) is 13.6. The molecule has 0 amide bonds. The van der Waals surface area contributed by atoms with Gasteiger partial charge in [0.05, 0.1) is 6.10 Å². The van der Waals surface area contributed by atoms with Crippen LogP contribution < -0.4 is 0 Å². The van der Waals surface area contributed by atoms with Gasteiger partial charge in [-0.25, -0.2) is 0 Å². The van der Waals surface area contributed by atoms with E-state index in [0.29, 0.717) is 19.3 Å². The van der Waals surface area contributed by atoms with E-state index in [1.54, 1.807) is 6.08 Å². The van der Waals surface area contributed by atoms with Crippen molar-refractivity contribution in [1.29, 1.82) is 0 Å². The molecule has 0 spiro atoms. The minimum absolute atomic E-state index is 0.136. The van der Waals surface area contributed by atoms with Gasteiger partial charge in [0.15, 0.2) is 0 Å². The van der Waals surface area contributed by atoms with Gasteiger partial charge in [0, 0.05) is 12.8 Å². The number of aliphatic hydroxyl groups excluding tert-OH is 2. The average molecular weight is 551 g/mol. The van der Waals surface area contributed by atoms with Crippen molar-refractivity contribution in [2.75, 3.05) is 13.2 Å². The summed E-state index contributed by atoms with van der Waals surface area (Å²) in [5.41, 5.74) is 0. The van der Waals surface area contributed by atoms with Gasteiger partial charge in [-0.15, -0.1) is 0 Å². The number of ether oxygens (including phenoxy) is 2. The minimum Gasteiger partial charge on any atom is -0.463 e. The second-order valence-electron chi connectivity index (χ2n) is 10.9. The first-order valence-corrected chi connectivity index (χ1v) is 15.5. The van der Waals surface area contributed by atoms with E-state index in [1.165, 1.54) is 25.7 Å². The molecule has 0 aliphatic heterocycles. The van der Waals surface area contributed by atoms with Crippen molar-refractivity contribution in [3.63, 3.8) is 0 Å². The molecule has 0 aromatic heterocycles. The maximum Gasteiger partial charge on any atom is 0.305 e. The lowest BCUT2D eigenvalue weighted by atomic mass is 10.0. The van der Waals surface area contributed by atoms with Crippen LogP contribution in [0.5, 0.6) is 0 Å². The van der Waals surface area contributed by atoms with Crippen molar-refractivity contribution < 1.29 is 29.3 Å². The Bertz CT molecular complexity index is 667. The van der Waals surface area contributed by atoms with Gasteiger partial charge in [-0.1, -0.05) is 115 Å². The molecule has 39 heavy (non-hydrogen) atoms. The van der Waals surface area contributed by atoms with Gasteiger partial charge in [-0.05, 0) is 44.4 Å². The van der Waals surface area contributed by atoms with E-state index in [-0.39, 0.29) is 25.2 Å². The third-order valence-electron chi connectivity index (χ3n) is 6.40. The highest BCUT2D eigenvalue weighted by Gasteiger charge is 2.12.